The Balaban J connectivity index is 2.23. The molecule has 0 spiro atoms. The van der Waals surface area contributed by atoms with Gasteiger partial charge in [0.15, 0.2) is 0 Å². The first-order chi connectivity index (χ1) is 8.95. The highest BCUT2D eigenvalue weighted by atomic mass is 32.2. The summed E-state index contributed by atoms with van der Waals surface area (Å²) >= 11 is 0. The summed E-state index contributed by atoms with van der Waals surface area (Å²) in [5.74, 6) is 0.445. The van der Waals surface area contributed by atoms with Crippen molar-refractivity contribution in [2.45, 2.75) is 38.8 Å². The first-order valence-corrected chi connectivity index (χ1v) is 7.90. The van der Waals surface area contributed by atoms with Crippen molar-refractivity contribution in [3.05, 3.63) is 11.8 Å². The molecule has 2 heterocycles. The highest BCUT2D eigenvalue weighted by Gasteiger charge is 2.30. The van der Waals surface area contributed by atoms with Gasteiger partial charge in [0.2, 0.25) is 0 Å². The van der Waals surface area contributed by atoms with Crippen molar-refractivity contribution < 1.29 is 8.42 Å². The quantitative estimate of drug-likeness (QED) is 0.838. The molecule has 1 unspecified atom stereocenters. The van der Waals surface area contributed by atoms with Crippen molar-refractivity contribution in [2.24, 2.45) is 12.8 Å². The normalized spacial score (nSPS) is 21.5. The largest absolute Gasteiger partial charge is 0.326 e. The lowest BCUT2D eigenvalue weighted by atomic mass is 10.1. The number of aryl methyl sites for hydroxylation is 1. The van der Waals surface area contributed by atoms with E-state index in [0.717, 1.165) is 19.3 Å². The number of nitrogens with zero attached hydrogens (tertiary/aromatic N) is 3. The second-order valence-corrected chi connectivity index (χ2v) is 6.53. The third-order valence-electron chi connectivity index (χ3n) is 3.51. The Bertz CT molecular complexity index is 539. The number of anilines is 1. The lowest BCUT2D eigenvalue weighted by Gasteiger charge is -2.32. The van der Waals surface area contributed by atoms with Crippen LogP contribution in [-0.2, 0) is 23.8 Å². The Morgan fingerprint density at radius 2 is 2.26 bits per heavy atom. The van der Waals surface area contributed by atoms with E-state index in [9.17, 15) is 8.42 Å². The zero-order valence-corrected chi connectivity index (χ0v) is 12.2. The van der Waals surface area contributed by atoms with E-state index in [1.54, 1.807) is 13.2 Å². The third-order valence-corrected chi connectivity index (χ3v) is 5.12. The Labute approximate surface area is 113 Å². The number of hydrogen-bond acceptors (Lipinski definition) is 4. The van der Waals surface area contributed by atoms with Gasteiger partial charge in [0, 0.05) is 31.7 Å². The van der Waals surface area contributed by atoms with Crippen molar-refractivity contribution in [3.8, 4) is 0 Å². The second kappa shape index (κ2) is 5.48. The van der Waals surface area contributed by atoms with E-state index in [-0.39, 0.29) is 12.6 Å². The maximum atomic E-state index is 12.4. The van der Waals surface area contributed by atoms with Crippen molar-refractivity contribution in [1.29, 1.82) is 0 Å². The van der Waals surface area contributed by atoms with Gasteiger partial charge in [-0.05, 0) is 19.8 Å². The van der Waals surface area contributed by atoms with Gasteiger partial charge in [-0.15, -0.1) is 0 Å². The molecule has 2 rings (SSSR count). The molecule has 0 bridgehead atoms. The number of rotatable bonds is 4. The maximum Gasteiger partial charge on any atom is 0.303 e. The zero-order chi connectivity index (χ0) is 14.0. The smallest absolute Gasteiger partial charge is 0.303 e. The fourth-order valence-corrected chi connectivity index (χ4v) is 3.95. The fourth-order valence-electron chi connectivity index (χ4n) is 2.37. The summed E-state index contributed by atoms with van der Waals surface area (Å²) in [5.41, 5.74) is 6.28. The Morgan fingerprint density at radius 1 is 1.53 bits per heavy atom. The maximum absolute atomic E-state index is 12.4. The predicted octanol–water partition coefficient (Wildman–Crippen LogP) is 0.410. The number of nitrogens with one attached hydrogen (secondary N) is 1. The lowest BCUT2D eigenvalue weighted by Crippen LogP contribution is -2.45. The summed E-state index contributed by atoms with van der Waals surface area (Å²) in [7, 11) is -1.85. The molecule has 0 aromatic carbocycles. The minimum Gasteiger partial charge on any atom is -0.326 e. The van der Waals surface area contributed by atoms with E-state index in [0.29, 0.717) is 17.9 Å². The molecular weight excluding hydrogens is 266 g/mol. The van der Waals surface area contributed by atoms with Gasteiger partial charge in [-0.3, -0.25) is 9.40 Å². The SMILES string of the molecule is CC1CCCCN1S(=O)(=O)Nc1c(CN)cnn1C. The molecule has 108 valence electrons. The van der Waals surface area contributed by atoms with Gasteiger partial charge >= 0.3 is 10.2 Å². The van der Waals surface area contributed by atoms with Crippen LogP contribution in [-0.4, -0.2) is 35.1 Å². The van der Waals surface area contributed by atoms with Gasteiger partial charge in [0.1, 0.15) is 5.82 Å². The van der Waals surface area contributed by atoms with Crippen LogP contribution in [0.1, 0.15) is 31.7 Å². The molecule has 1 aliphatic heterocycles. The van der Waals surface area contributed by atoms with Crippen LogP contribution in [0.3, 0.4) is 0 Å². The van der Waals surface area contributed by atoms with Crippen LogP contribution >= 0.6 is 0 Å². The number of aromatic nitrogens is 2. The second-order valence-electron chi connectivity index (χ2n) is 4.91. The van der Waals surface area contributed by atoms with E-state index in [1.807, 2.05) is 6.92 Å². The van der Waals surface area contributed by atoms with Gasteiger partial charge in [0.25, 0.3) is 0 Å². The topological polar surface area (TPSA) is 93.2 Å². The molecule has 0 saturated carbocycles. The Kier molecular flexibility index (Phi) is 4.12. The monoisotopic (exact) mass is 287 g/mol. The van der Waals surface area contributed by atoms with Gasteiger partial charge in [0.05, 0.1) is 6.20 Å². The molecule has 1 aliphatic rings. The third kappa shape index (κ3) is 2.90. The first-order valence-electron chi connectivity index (χ1n) is 6.46. The molecule has 19 heavy (non-hydrogen) atoms. The molecule has 0 aliphatic carbocycles. The molecule has 0 amide bonds. The van der Waals surface area contributed by atoms with Gasteiger partial charge in [-0.1, -0.05) is 6.42 Å². The molecule has 0 radical (unpaired) electrons. The van der Waals surface area contributed by atoms with Gasteiger partial charge in [-0.25, -0.2) is 0 Å². The van der Waals surface area contributed by atoms with Crippen molar-refractivity contribution in [3.63, 3.8) is 0 Å². The van der Waals surface area contributed by atoms with E-state index in [1.165, 1.54) is 8.99 Å². The summed E-state index contributed by atoms with van der Waals surface area (Å²) in [4.78, 5) is 0. The van der Waals surface area contributed by atoms with Crippen LogP contribution < -0.4 is 10.5 Å². The highest BCUT2D eigenvalue weighted by molar-refractivity contribution is 7.90. The van der Waals surface area contributed by atoms with E-state index >= 15 is 0 Å². The summed E-state index contributed by atoms with van der Waals surface area (Å²) in [5, 5.41) is 4.03. The summed E-state index contributed by atoms with van der Waals surface area (Å²) in [6.45, 7) is 2.75. The molecule has 1 atom stereocenters. The zero-order valence-electron chi connectivity index (χ0n) is 11.3. The lowest BCUT2D eigenvalue weighted by molar-refractivity contribution is 0.270. The van der Waals surface area contributed by atoms with Crippen LogP contribution in [0, 0.1) is 0 Å². The molecule has 8 heteroatoms. The van der Waals surface area contributed by atoms with Crippen molar-refractivity contribution >= 4 is 16.0 Å². The number of piperidine rings is 1. The van der Waals surface area contributed by atoms with Gasteiger partial charge in [-0.2, -0.15) is 17.8 Å². The average molecular weight is 287 g/mol. The number of nitrogens with two attached hydrogens (primary N) is 1. The fraction of sp³-hybridized carbons (Fsp3) is 0.727. The van der Waals surface area contributed by atoms with Crippen LogP contribution in [0.5, 0.6) is 0 Å². The minimum absolute atomic E-state index is 0.0285. The minimum atomic E-state index is -3.54. The molecule has 1 aromatic rings. The highest BCUT2D eigenvalue weighted by Crippen LogP contribution is 2.22. The van der Waals surface area contributed by atoms with E-state index < -0.39 is 10.2 Å². The molecule has 1 fully saturated rings. The average Bonchev–Trinajstić information content (AvgIpc) is 2.70. The van der Waals surface area contributed by atoms with E-state index in [2.05, 4.69) is 9.82 Å². The van der Waals surface area contributed by atoms with Crippen LogP contribution in [0.15, 0.2) is 6.20 Å². The van der Waals surface area contributed by atoms with E-state index in [4.69, 9.17) is 5.73 Å². The van der Waals surface area contributed by atoms with Crippen LogP contribution in [0.4, 0.5) is 5.82 Å². The Hall–Kier alpha value is -1.12. The summed E-state index contributed by atoms with van der Waals surface area (Å²) in [6, 6.07) is 0.0285. The molecular formula is C11H21N5O2S. The summed E-state index contributed by atoms with van der Waals surface area (Å²) in [6.07, 6.45) is 4.46. The molecule has 1 saturated heterocycles. The standard InChI is InChI=1S/C11H21N5O2S/c1-9-5-3-4-6-16(9)19(17,18)14-11-10(7-12)8-13-15(11)2/h8-9,14H,3-7,12H2,1-2H3. The Morgan fingerprint density at radius 3 is 2.89 bits per heavy atom. The predicted molar refractivity (Wildman–Crippen MR) is 73.7 cm³/mol. The molecule has 1 aromatic heterocycles. The van der Waals surface area contributed by atoms with Crippen molar-refractivity contribution in [2.75, 3.05) is 11.3 Å². The first kappa shape index (κ1) is 14.3. The summed E-state index contributed by atoms with van der Waals surface area (Å²) < 4.78 is 30.5. The van der Waals surface area contributed by atoms with Crippen molar-refractivity contribution in [1.82, 2.24) is 14.1 Å². The number of hydrogen-bond donors (Lipinski definition) is 2. The molecule has 7 nitrogen and oxygen atoms in total. The van der Waals surface area contributed by atoms with Crippen LogP contribution in [0.2, 0.25) is 0 Å². The van der Waals surface area contributed by atoms with Gasteiger partial charge < -0.3 is 5.73 Å². The molecule has 3 N–H and O–H groups in total. The van der Waals surface area contributed by atoms with Crippen LogP contribution in [0.25, 0.3) is 0 Å².